The van der Waals surface area contributed by atoms with E-state index in [0.717, 1.165) is 0 Å². The first-order valence-corrected chi connectivity index (χ1v) is 6.46. The number of hydrogen-bond acceptors (Lipinski definition) is 12. The molecule has 0 fully saturated rings. The fourth-order valence-electron chi connectivity index (χ4n) is 2.00. The average Bonchev–Trinajstić information content (AvgIpc) is 2.33. The third kappa shape index (κ3) is 17.4. The molecule has 0 heterocycles. The molecule has 0 aromatic rings. The topological polar surface area (TPSA) is 244 Å². The van der Waals surface area contributed by atoms with Crippen molar-refractivity contribution >= 4 is 29.8 Å². The van der Waals surface area contributed by atoms with Crippen molar-refractivity contribution in [2.24, 2.45) is 0 Å². The first kappa shape index (κ1) is 32.9. The number of aliphatic carboxylic acids is 5. The standard InChI is InChI=1S/C12H18N2O10.2Fe.H3N/c15-8(16)1-7(14(5-11(21)22)6-12(23)24)2-13(3-9(17)18)4-10(19)20;;;/h7H,1-6H2,(H,15,16)(H,17,18)(H,19,20)(H,21,22)(H,23,24);;;1H3/q;2*+2;/p-4. The fraction of sp³-hybridized carbons (Fsp3) is 0.583. The van der Waals surface area contributed by atoms with Crippen molar-refractivity contribution in [3.8, 4) is 0 Å². The summed E-state index contributed by atoms with van der Waals surface area (Å²) >= 11 is 0. The first-order valence-electron chi connectivity index (χ1n) is 6.46. The molecule has 0 amide bonds. The first-order chi connectivity index (χ1) is 11.0. The summed E-state index contributed by atoms with van der Waals surface area (Å²) in [6.45, 7) is -4.48. The number of carboxylic acids is 5. The molecule has 13 nitrogen and oxygen atoms in total. The minimum atomic E-state index is -1.73. The van der Waals surface area contributed by atoms with Gasteiger partial charge >= 0.3 is 34.1 Å². The zero-order chi connectivity index (χ0) is 18.9. The van der Waals surface area contributed by atoms with Crippen LogP contribution in [0.2, 0.25) is 0 Å². The summed E-state index contributed by atoms with van der Waals surface area (Å²) in [6, 6.07) is -1.40. The Balaban J connectivity index is -0.000000882. The zero-order valence-electron chi connectivity index (χ0n) is 14.0. The van der Waals surface area contributed by atoms with E-state index in [1.807, 2.05) is 0 Å². The maximum atomic E-state index is 10.8. The summed E-state index contributed by atoms with van der Waals surface area (Å²) < 4.78 is 0. The third-order valence-corrected chi connectivity index (χ3v) is 2.76. The summed E-state index contributed by atoms with van der Waals surface area (Å²) in [5.74, 6) is -8.52. The van der Waals surface area contributed by atoms with Crippen LogP contribution in [0.4, 0.5) is 0 Å². The molecule has 0 aromatic carbocycles. The van der Waals surface area contributed by atoms with E-state index in [1.165, 1.54) is 0 Å². The molecule has 0 saturated heterocycles. The molecule has 0 aromatic heterocycles. The van der Waals surface area contributed by atoms with Crippen LogP contribution in [0, 0.1) is 0 Å². The number of carbonyl (C=O) groups is 5. The van der Waals surface area contributed by atoms with Crippen molar-refractivity contribution in [3.05, 3.63) is 0 Å². The van der Waals surface area contributed by atoms with E-state index in [9.17, 15) is 49.5 Å². The number of quaternary nitrogens is 1. The van der Waals surface area contributed by atoms with E-state index in [2.05, 4.69) is 0 Å². The van der Waals surface area contributed by atoms with Gasteiger partial charge in [-0.05, 0) is 0 Å². The molecule has 0 radical (unpaired) electrons. The van der Waals surface area contributed by atoms with Crippen LogP contribution in [-0.4, -0.2) is 78.4 Å². The van der Waals surface area contributed by atoms with Gasteiger partial charge in [-0.15, -0.1) is 0 Å². The van der Waals surface area contributed by atoms with Gasteiger partial charge in [-0.2, -0.15) is 0 Å². The molecule has 1 atom stereocenters. The second kappa shape index (κ2) is 16.4. The Bertz CT molecular complexity index is 488. The molecule has 0 rings (SSSR count). The molecule has 4 N–H and O–H groups in total. The van der Waals surface area contributed by atoms with Gasteiger partial charge in [-0.3, -0.25) is 9.80 Å². The average molecular weight is 475 g/mol. The zero-order valence-corrected chi connectivity index (χ0v) is 16.2. The minimum Gasteiger partial charge on any atom is -0.550 e. The predicted molar refractivity (Wildman–Crippen MR) is 67.4 cm³/mol. The van der Waals surface area contributed by atoms with Crippen molar-refractivity contribution in [3.63, 3.8) is 0 Å². The molecule has 0 aliphatic rings. The molecule has 0 aliphatic carbocycles. The molecular formula is C12H17Fe2N3O10. The Morgan fingerprint density at radius 2 is 0.963 bits per heavy atom. The normalized spacial score (nSPS) is 10.7. The molecule has 1 unspecified atom stereocenters. The number of nitrogens with zero attached hydrogens (tertiary/aromatic N) is 2. The van der Waals surface area contributed by atoms with E-state index >= 15 is 0 Å². The van der Waals surface area contributed by atoms with Gasteiger partial charge in [0, 0.05) is 51.2 Å². The number of carboxylic acid groups (broad SMARTS) is 5. The fourth-order valence-corrected chi connectivity index (χ4v) is 2.00. The van der Waals surface area contributed by atoms with E-state index in [0.29, 0.717) is 9.80 Å². The summed E-state index contributed by atoms with van der Waals surface area (Å²) in [4.78, 5) is 54.6. The Hall–Kier alpha value is -1.73. The van der Waals surface area contributed by atoms with E-state index in [1.54, 1.807) is 0 Å². The summed E-state index contributed by atoms with van der Waals surface area (Å²) in [7, 11) is 0. The SMILES string of the molecule is O=C([O-])CC(CN(CC(=O)[O-])CC(=O)[O-])N(CC(=O)[O-])CC(=O)[O-].[Fe+2].[Fe+2].[NH4+]. The van der Waals surface area contributed by atoms with Crippen LogP contribution >= 0.6 is 0 Å². The Labute approximate surface area is 174 Å². The predicted octanol–water partition coefficient (Wildman–Crippen LogP) is -8.53. The van der Waals surface area contributed by atoms with Crippen LogP contribution in [-0.2, 0) is 58.1 Å². The summed E-state index contributed by atoms with van der Waals surface area (Å²) in [5, 5.41) is 53.3. The van der Waals surface area contributed by atoms with Crippen molar-refractivity contribution in [1.29, 1.82) is 0 Å². The van der Waals surface area contributed by atoms with Gasteiger partial charge in [0.05, 0.1) is 23.9 Å². The molecule has 0 spiro atoms. The molecule has 156 valence electrons. The van der Waals surface area contributed by atoms with Crippen LogP contribution in [0.5, 0.6) is 0 Å². The van der Waals surface area contributed by atoms with Gasteiger partial charge in [-0.25, -0.2) is 0 Å². The maximum Gasteiger partial charge on any atom is 2.00 e. The van der Waals surface area contributed by atoms with Crippen molar-refractivity contribution in [2.75, 3.05) is 32.7 Å². The number of hydrogen-bond donors (Lipinski definition) is 1. The smallest absolute Gasteiger partial charge is 0.550 e. The molecular weight excluding hydrogens is 458 g/mol. The van der Waals surface area contributed by atoms with Gasteiger partial charge in [0.25, 0.3) is 0 Å². The monoisotopic (exact) mass is 475 g/mol. The largest absolute Gasteiger partial charge is 2.00 e. The minimum absolute atomic E-state index is 0. The molecule has 0 bridgehead atoms. The Morgan fingerprint density at radius 3 is 1.22 bits per heavy atom. The summed E-state index contributed by atoms with van der Waals surface area (Å²) in [5.41, 5.74) is 0. The maximum absolute atomic E-state index is 10.8. The van der Waals surface area contributed by atoms with Gasteiger partial charge in [0.2, 0.25) is 0 Å². The van der Waals surface area contributed by atoms with Crippen molar-refractivity contribution < 1.29 is 83.6 Å². The van der Waals surface area contributed by atoms with Crippen LogP contribution < -0.4 is 31.7 Å². The van der Waals surface area contributed by atoms with Gasteiger partial charge < -0.3 is 55.7 Å². The van der Waals surface area contributed by atoms with Gasteiger partial charge in [0.15, 0.2) is 0 Å². The van der Waals surface area contributed by atoms with E-state index < -0.39 is 75.0 Å². The van der Waals surface area contributed by atoms with E-state index in [-0.39, 0.29) is 40.3 Å². The van der Waals surface area contributed by atoms with Crippen LogP contribution in [0.3, 0.4) is 0 Å². The van der Waals surface area contributed by atoms with Crippen LogP contribution in [0.15, 0.2) is 0 Å². The number of rotatable bonds is 13. The molecule has 0 aliphatic heterocycles. The van der Waals surface area contributed by atoms with Gasteiger partial charge in [-0.1, -0.05) is 0 Å². The Kier molecular flexibility index (Phi) is 20.0. The second-order valence-electron chi connectivity index (χ2n) is 4.79. The third-order valence-electron chi connectivity index (χ3n) is 2.76. The van der Waals surface area contributed by atoms with E-state index in [4.69, 9.17) is 0 Å². The van der Waals surface area contributed by atoms with Crippen LogP contribution in [0.1, 0.15) is 6.42 Å². The Morgan fingerprint density at radius 1 is 0.630 bits per heavy atom. The molecule has 0 saturated carbocycles. The van der Waals surface area contributed by atoms with Gasteiger partial charge in [0.1, 0.15) is 0 Å². The van der Waals surface area contributed by atoms with Crippen LogP contribution in [0.25, 0.3) is 0 Å². The summed E-state index contributed by atoms with van der Waals surface area (Å²) in [6.07, 6.45) is -0.892. The van der Waals surface area contributed by atoms with Crippen molar-refractivity contribution in [2.45, 2.75) is 12.5 Å². The number of carbonyl (C=O) groups excluding carboxylic acids is 5. The molecule has 15 heteroatoms. The quantitative estimate of drug-likeness (QED) is 0.244. The molecule has 27 heavy (non-hydrogen) atoms. The van der Waals surface area contributed by atoms with Crippen molar-refractivity contribution in [1.82, 2.24) is 16.0 Å². The second-order valence-corrected chi connectivity index (χ2v) is 4.79.